The van der Waals surface area contributed by atoms with Crippen LogP contribution in [0.25, 0.3) is 0 Å². The molecule has 42 valence electrons. The Bertz CT molecular complexity index is 132. The Hall–Kier alpha value is -0.500. The molecule has 2 nitrogen and oxygen atoms in total. The molecule has 0 rings (SSSR count). The van der Waals surface area contributed by atoms with E-state index in [-0.39, 0.29) is 10.7 Å². The normalized spacial score (nSPS) is 19.9. The highest BCUT2D eigenvalue weighted by atomic mass is 16.2. The van der Waals surface area contributed by atoms with Crippen molar-refractivity contribution in [1.29, 1.82) is 0 Å². The predicted molar refractivity (Wildman–Crippen MR) is 29.8 cm³/mol. The van der Waals surface area contributed by atoms with Crippen LogP contribution < -0.4 is 0 Å². The van der Waals surface area contributed by atoms with E-state index in [2.05, 4.69) is 0 Å². The maximum absolute atomic E-state index is 8.50. The number of hydrogen-bond acceptors (Lipinski definition) is 1. The molecule has 0 aliphatic heterocycles. The van der Waals surface area contributed by atoms with Crippen LogP contribution in [-0.4, -0.2) is 30.7 Å². The van der Waals surface area contributed by atoms with Crippen LogP contribution in [0.4, 0.5) is 0 Å². The van der Waals surface area contributed by atoms with E-state index in [1.54, 1.807) is 21.1 Å². The number of nitrogens with zero attached hydrogens (tertiary/aromatic N) is 1. The second-order valence-corrected chi connectivity index (χ2v) is 2.24. The molecule has 0 fully saturated rings. The number of rotatable bonds is 1. The number of hydrogen-bond donors (Lipinski definition) is 1. The number of aliphatic hydroxyl groups excluding tert-OH is 1. The predicted octanol–water partition coefficient (Wildman–Crippen LogP) is 0.722. The molecule has 0 spiro atoms. The van der Waals surface area contributed by atoms with Gasteiger partial charge in [0, 0.05) is 0 Å². The zero-order valence-corrected chi connectivity index (χ0v) is 4.89. The molecule has 0 unspecified atom stereocenters. The van der Waals surface area contributed by atoms with Gasteiger partial charge >= 0.3 is 0 Å². The van der Waals surface area contributed by atoms with E-state index >= 15 is 0 Å². The molecule has 0 amide bonds. The third kappa shape index (κ3) is 5.50. The molecule has 0 aromatic rings. The molecule has 0 aliphatic rings. The van der Waals surface area contributed by atoms with Crippen molar-refractivity contribution in [2.75, 3.05) is 21.1 Å². The van der Waals surface area contributed by atoms with Gasteiger partial charge in [-0.1, -0.05) is 0 Å². The Morgan fingerprint density at radius 1 is 1.57 bits per heavy atom. The van der Waals surface area contributed by atoms with Crippen LogP contribution in [0, 0.1) is 0 Å². The maximum atomic E-state index is 8.50. The van der Waals surface area contributed by atoms with Crippen LogP contribution in [0.5, 0.6) is 0 Å². The molecule has 0 aromatic heterocycles. The van der Waals surface area contributed by atoms with Crippen LogP contribution in [-0.2, 0) is 0 Å². The van der Waals surface area contributed by atoms with Gasteiger partial charge in [-0.3, -0.25) is 0 Å². The lowest BCUT2D eigenvalue weighted by Crippen LogP contribution is -2.26. The van der Waals surface area contributed by atoms with E-state index in [0.29, 0.717) is 0 Å². The molecule has 0 aliphatic carbocycles. The second-order valence-electron chi connectivity index (χ2n) is 2.24. The standard InChI is InChI=1S/C5H11NO/c1-6(2,3)4-5-7/h4-5H,1-3H3/p+1/b5-4+/i4+1D,5D. The lowest BCUT2D eigenvalue weighted by molar-refractivity contribution is -0.817. The van der Waals surface area contributed by atoms with Crippen molar-refractivity contribution in [3.63, 3.8) is 0 Å². The van der Waals surface area contributed by atoms with Crippen molar-refractivity contribution in [1.82, 2.24) is 0 Å². The fourth-order valence-electron chi connectivity index (χ4n) is 0.150. The third-order valence-corrected chi connectivity index (χ3v) is 0.385. The molecule has 0 saturated heterocycles. The minimum absolute atomic E-state index is 0.0880. The van der Waals surface area contributed by atoms with Gasteiger partial charge in [0.2, 0.25) is 0 Å². The van der Waals surface area contributed by atoms with Gasteiger partial charge in [-0.05, 0) is 0 Å². The summed E-state index contributed by atoms with van der Waals surface area (Å²) in [6.45, 7) is 0. The van der Waals surface area contributed by atoms with Gasteiger partial charge in [0.15, 0.2) is 0 Å². The van der Waals surface area contributed by atoms with Crippen LogP contribution >= 0.6 is 0 Å². The molecule has 0 radical (unpaired) electrons. The lowest BCUT2D eigenvalue weighted by atomic mass is 10.8. The SMILES string of the molecule is [2H]/C(O)=[13C](/[2H])[N+](C)(C)C. The van der Waals surface area contributed by atoms with Crippen molar-refractivity contribution in [3.8, 4) is 0 Å². The Labute approximate surface area is 47.1 Å². The van der Waals surface area contributed by atoms with Gasteiger partial charge in [-0.2, -0.15) is 0 Å². The van der Waals surface area contributed by atoms with E-state index in [0.717, 1.165) is 0 Å². The molecule has 1 N–H and O–H groups in total. The lowest BCUT2D eigenvalue weighted by Gasteiger charge is -2.15. The van der Waals surface area contributed by atoms with Gasteiger partial charge in [0.05, 0.1) is 21.1 Å². The minimum Gasteiger partial charge on any atom is -0.510 e. The Morgan fingerprint density at radius 3 is 2.00 bits per heavy atom. The molecule has 2 heteroatoms. The van der Waals surface area contributed by atoms with Crippen molar-refractivity contribution >= 4 is 0 Å². The summed E-state index contributed by atoms with van der Waals surface area (Å²) in [5, 5.41) is 8.50. The van der Waals surface area contributed by atoms with Crippen molar-refractivity contribution in [2.45, 2.75) is 0 Å². The molecular weight excluding hydrogens is 91.1 g/mol. The summed E-state index contributed by atoms with van der Waals surface area (Å²) in [6, 6.07) is 0. The van der Waals surface area contributed by atoms with Crippen LogP contribution in [0.1, 0.15) is 2.74 Å². The van der Waals surface area contributed by atoms with Gasteiger partial charge in [-0.15, -0.1) is 0 Å². The quantitative estimate of drug-likeness (QED) is 0.296. The number of aliphatic hydroxyl groups is 1. The summed E-state index contributed by atoms with van der Waals surface area (Å²) in [6.07, 6.45) is -0.752. The summed E-state index contributed by atoms with van der Waals surface area (Å²) in [5.74, 6) is 0. The summed E-state index contributed by atoms with van der Waals surface area (Å²) >= 11 is 0. The topological polar surface area (TPSA) is 20.2 Å². The Kier molecular flexibility index (Phi) is 0.989. The van der Waals surface area contributed by atoms with Crippen LogP contribution in [0.15, 0.2) is 12.4 Å². The molecule has 7 heavy (non-hydrogen) atoms. The highest BCUT2D eigenvalue weighted by Crippen LogP contribution is 1.87. The smallest absolute Gasteiger partial charge is 0.132 e. The fraction of sp³-hybridized carbons (Fsp3) is 0.600. The van der Waals surface area contributed by atoms with Crippen LogP contribution in [0.3, 0.4) is 0 Å². The summed E-state index contributed by atoms with van der Waals surface area (Å²) in [4.78, 5) is 0. The van der Waals surface area contributed by atoms with E-state index in [9.17, 15) is 0 Å². The van der Waals surface area contributed by atoms with E-state index in [4.69, 9.17) is 7.85 Å². The maximum Gasteiger partial charge on any atom is 0.132 e. The summed E-state index contributed by atoms with van der Waals surface area (Å²) in [7, 11) is 5.15. The van der Waals surface area contributed by atoms with E-state index in [1.807, 2.05) is 0 Å². The highest BCUT2D eigenvalue weighted by Gasteiger charge is 1.96. The zero-order chi connectivity index (χ0) is 7.65. The van der Waals surface area contributed by atoms with Crippen molar-refractivity contribution in [2.24, 2.45) is 0 Å². The molecule has 0 saturated carbocycles. The first-order valence-electron chi connectivity index (χ1n) is 3.04. The van der Waals surface area contributed by atoms with Gasteiger partial charge in [-0.25, -0.2) is 0 Å². The third-order valence-electron chi connectivity index (χ3n) is 0.385. The van der Waals surface area contributed by atoms with E-state index in [1.165, 1.54) is 0 Å². The average Bonchev–Trinajstić information content (AvgIpc) is 1.62. The summed E-state index contributed by atoms with van der Waals surface area (Å²) in [5.41, 5.74) is 0. The molecule has 0 aromatic carbocycles. The Balaban J connectivity index is 4.40. The molecule has 0 bridgehead atoms. The van der Waals surface area contributed by atoms with Gasteiger partial charge in [0.1, 0.15) is 15.2 Å². The highest BCUT2D eigenvalue weighted by molar-refractivity contribution is 4.55. The minimum atomic E-state index is -0.664. The Morgan fingerprint density at radius 2 is 2.00 bits per heavy atom. The first-order valence-corrected chi connectivity index (χ1v) is 2.04. The van der Waals surface area contributed by atoms with E-state index < -0.39 is 6.24 Å². The van der Waals surface area contributed by atoms with Crippen molar-refractivity contribution < 1.29 is 12.3 Å². The fourth-order valence-corrected chi connectivity index (χ4v) is 0.150. The first kappa shape index (κ1) is 3.50. The largest absolute Gasteiger partial charge is 0.510 e. The van der Waals surface area contributed by atoms with Crippen LogP contribution in [0.2, 0.25) is 0 Å². The van der Waals surface area contributed by atoms with Gasteiger partial charge < -0.3 is 9.59 Å². The van der Waals surface area contributed by atoms with Crippen molar-refractivity contribution in [3.05, 3.63) is 12.4 Å². The molecular formula is C5H12NO+. The number of quaternary nitrogens is 1. The molecule has 0 atom stereocenters. The second kappa shape index (κ2) is 1.98. The summed E-state index contributed by atoms with van der Waals surface area (Å²) < 4.78 is 13.9. The van der Waals surface area contributed by atoms with Gasteiger partial charge in [0.25, 0.3) is 0 Å². The molecule has 0 heterocycles. The average molecular weight is 105 g/mol. The monoisotopic (exact) mass is 105 g/mol. The first-order chi connectivity index (χ1) is 3.85. The zero-order valence-electron chi connectivity index (χ0n) is 6.89.